The van der Waals surface area contributed by atoms with Crippen molar-refractivity contribution in [3.05, 3.63) is 99.7 Å². The molecule has 0 spiro atoms. The van der Waals surface area contributed by atoms with E-state index in [2.05, 4.69) is 5.32 Å². The Hall–Kier alpha value is -3.57. The summed E-state index contributed by atoms with van der Waals surface area (Å²) < 4.78 is 5.24. The zero-order valence-electron chi connectivity index (χ0n) is 18.1. The molecule has 0 aliphatic carbocycles. The summed E-state index contributed by atoms with van der Waals surface area (Å²) in [6.07, 6.45) is 0. The normalized spacial score (nSPS) is 13.7. The van der Waals surface area contributed by atoms with Crippen molar-refractivity contribution < 1.29 is 14.3 Å². The zero-order valence-corrected chi connectivity index (χ0v) is 18.9. The summed E-state index contributed by atoms with van der Waals surface area (Å²) in [5.74, 6) is -0.0345. The minimum Gasteiger partial charge on any atom is -0.497 e. The number of amides is 2. The molecule has 1 N–H and O–H groups in total. The van der Waals surface area contributed by atoms with Gasteiger partial charge in [0.15, 0.2) is 0 Å². The zero-order chi connectivity index (χ0) is 22.8. The Labute approximate surface area is 192 Å². The molecule has 0 unspecified atom stereocenters. The number of nitrogens with one attached hydrogen (secondary N) is 1. The summed E-state index contributed by atoms with van der Waals surface area (Å²) in [6.45, 7) is 4.10. The van der Waals surface area contributed by atoms with Crippen LogP contribution in [-0.4, -0.2) is 23.8 Å². The van der Waals surface area contributed by atoms with Gasteiger partial charge < -0.3 is 10.1 Å². The monoisotopic (exact) mass is 446 g/mol. The molecule has 0 radical (unpaired) electrons. The average molecular weight is 447 g/mol. The van der Waals surface area contributed by atoms with E-state index in [1.165, 1.54) is 4.90 Å². The number of aryl methyl sites for hydroxylation is 2. The quantitative estimate of drug-likeness (QED) is 0.518. The van der Waals surface area contributed by atoms with Crippen LogP contribution in [0.15, 0.2) is 72.4 Å². The predicted octanol–water partition coefficient (Wildman–Crippen LogP) is 5.36. The van der Waals surface area contributed by atoms with Crippen molar-refractivity contribution in [3.8, 4) is 5.75 Å². The Morgan fingerprint density at radius 2 is 1.59 bits per heavy atom. The summed E-state index contributed by atoms with van der Waals surface area (Å²) in [7, 11) is 1.58. The molecule has 1 aliphatic rings. The maximum Gasteiger partial charge on any atom is 0.278 e. The lowest BCUT2D eigenvalue weighted by Gasteiger charge is -2.16. The van der Waals surface area contributed by atoms with Gasteiger partial charge in [0.25, 0.3) is 11.8 Å². The SMILES string of the molecule is COc1ccc(C2=C(Nc3cc(C)ccc3C)C(=O)N(Cc3ccc(Cl)cc3)C2=O)cc1. The molecule has 0 aromatic heterocycles. The number of rotatable bonds is 6. The van der Waals surface area contributed by atoms with E-state index in [-0.39, 0.29) is 24.1 Å². The number of benzene rings is 3. The minimum absolute atomic E-state index is 0.159. The minimum atomic E-state index is -0.364. The Balaban J connectivity index is 1.76. The van der Waals surface area contributed by atoms with E-state index < -0.39 is 0 Å². The Bertz CT molecular complexity index is 1210. The van der Waals surface area contributed by atoms with Crippen LogP contribution in [0, 0.1) is 13.8 Å². The molecule has 3 aromatic carbocycles. The van der Waals surface area contributed by atoms with E-state index in [1.54, 1.807) is 43.5 Å². The van der Waals surface area contributed by atoms with Crippen molar-refractivity contribution >= 4 is 34.7 Å². The fraction of sp³-hybridized carbons (Fsp3) is 0.154. The number of hydrogen-bond donors (Lipinski definition) is 1. The topological polar surface area (TPSA) is 58.6 Å². The van der Waals surface area contributed by atoms with E-state index in [9.17, 15) is 9.59 Å². The van der Waals surface area contributed by atoms with Crippen molar-refractivity contribution in [2.24, 2.45) is 0 Å². The third-order valence-electron chi connectivity index (χ3n) is 5.45. The number of halogens is 1. The van der Waals surface area contributed by atoms with Gasteiger partial charge in [-0.25, -0.2) is 0 Å². The van der Waals surface area contributed by atoms with Crippen LogP contribution in [0.4, 0.5) is 5.69 Å². The number of ether oxygens (including phenoxy) is 1. The highest BCUT2D eigenvalue weighted by atomic mass is 35.5. The Kier molecular flexibility index (Phi) is 6.01. The van der Waals surface area contributed by atoms with Gasteiger partial charge in [0.1, 0.15) is 11.4 Å². The molecule has 0 saturated carbocycles. The lowest BCUT2D eigenvalue weighted by Crippen LogP contribution is -2.32. The second-order valence-electron chi connectivity index (χ2n) is 7.74. The standard InChI is InChI=1S/C26H23ClN2O3/c1-16-4-5-17(2)22(14-16)28-24-23(19-8-12-21(32-3)13-9-19)25(30)29(26(24)31)15-18-6-10-20(27)11-7-18/h4-14,28H,15H2,1-3H3. The maximum absolute atomic E-state index is 13.4. The van der Waals surface area contributed by atoms with Gasteiger partial charge in [0.05, 0.1) is 19.2 Å². The highest BCUT2D eigenvalue weighted by Gasteiger charge is 2.39. The second-order valence-corrected chi connectivity index (χ2v) is 8.18. The van der Waals surface area contributed by atoms with Crippen molar-refractivity contribution in [2.75, 3.05) is 12.4 Å². The van der Waals surface area contributed by atoms with Crippen molar-refractivity contribution in [3.63, 3.8) is 0 Å². The number of carbonyl (C=O) groups is 2. The lowest BCUT2D eigenvalue weighted by atomic mass is 10.0. The molecule has 1 aliphatic heterocycles. The summed E-state index contributed by atoms with van der Waals surface area (Å²) in [5, 5.41) is 3.85. The molecule has 5 nitrogen and oxygen atoms in total. The molecular formula is C26H23ClN2O3. The smallest absolute Gasteiger partial charge is 0.278 e. The van der Waals surface area contributed by atoms with E-state index in [0.717, 1.165) is 22.4 Å². The van der Waals surface area contributed by atoms with Crippen LogP contribution in [-0.2, 0) is 16.1 Å². The third kappa shape index (κ3) is 4.25. The van der Waals surface area contributed by atoms with E-state index >= 15 is 0 Å². The molecular weight excluding hydrogens is 424 g/mol. The van der Waals surface area contributed by atoms with Gasteiger partial charge >= 0.3 is 0 Å². The van der Waals surface area contributed by atoms with Gasteiger partial charge in [-0.05, 0) is 66.4 Å². The first kappa shape index (κ1) is 21.7. The van der Waals surface area contributed by atoms with Gasteiger partial charge in [-0.1, -0.05) is 48.0 Å². The molecule has 32 heavy (non-hydrogen) atoms. The first-order chi connectivity index (χ1) is 15.4. The number of methoxy groups -OCH3 is 1. The molecule has 3 aromatic rings. The second kappa shape index (κ2) is 8.89. The number of anilines is 1. The van der Waals surface area contributed by atoms with Crippen molar-refractivity contribution in [1.82, 2.24) is 4.90 Å². The van der Waals surface area contributed by atoms with Gasteiger partial charge in [-0.15, -0.1) is 0 Å². The van der Waals surface area contributed by atoms with Gasteiger partial charge in [0.2, 0.25) is 0 Å². The average Bonchev–Trinajstić information content (AvgIpc) is 3.02. The van der Waals surface area contributed by atoms with E-state index in [4.69, 9.17) is 16.3 Å². The lowest BCUT2D eigenvalue weighted by molar-refractivity contribution is -0.137. The van der Waals surface area contributed by atoms with Crippen LogP contribution >= 0.6 is 11.6 Å². The number of carbonyl (C=O) groups excluding carboxylic acids is 2. The third-order valence-corrected chi connectivity index (χ3v) is 5.71. The maximum atomic E-state index is 13.4. The summed E-state index contributed by atoms with van der Waals surface area (Å²) >= 11 is 5.98. The summed E-state index contributed by atoms with van der Waals surface area (Å²) in [6, 6.07) is 20.2. The van der Waals surface area contributed by atoms with Crippen LogP contribution in [0.2, 0.25) is 5.02 Å². The Morgan fingerprint density at radius 3 is 2.25 bits per heavy atom. The molecule has 6 heteroatoms. The molecule has 162 valence electrons. The molecule has 0 bridgehead atoms. The molecule has 2 amide bonds. The number of imide groups is 1. The predicted molar refractivity (Wildman–Crippen MR) is 126 cm³/mol. The largest absolute Gasteiger partial charge is 0.497 e. The summed E-state index contributed by atoms with van der Waals surface area (Å²) in [5.41, 5.74) is 4.90. The van der Waals surface area contributed by atoms with Gasteiger partial charge in [-0.3, -0.25) is 14.5 Å². The van der Waals surface area contributed by atoms with E-state index in [0.29, 0.717) is 21.9 Å². The highest BCUT2D eigenvalue weighted by Crippen LogP contribution is 2.33. The molecule has 0 atom stereocenters. The summed E-state index contributed by atoms with van der Waals surface area (Å²) in [4.78, 5) is 28.1. The first-order valence-electron chi connectivity index (χ1n) is 10.2. The van der Waals surface area contributed by atoms with Crippen LogP contribution < -0.4 is 10.1 Å². The number of hydrogen-bond acceptors (Lipinski definition) is 4. The van der Waals surface area contributed by atoms with Crippen LogP contribution in [0.3, 0.4) is 0 Å². The molecule has 0 saturated heterocycles. The van der Waals surface area contributed by atoms with Crippen LogP contribution in [0.5, 0.6) is 5.75 Å². The highest BCUT2D eigenvalue weighted by molar-refractivity contribution is 6.36. The van der Waals surface area contributed by atoms with Crippen molar-refractivity contribution in [2.45, 2.75) is 20.4 Å². The first-order valence-corrected chi connectivity index (χ1v) is 10.6. The van der Waals surface area contributed by atoms with Crippen molar-refractivity contribution in [1.29, 1.82) is 0 Å². The fourth-order valence-corrected chi connectivity index (χ4v) is 3.76. The van der Waals surface area contributed by atoms with Crippen LogP contribution in [0.25, 0.3) is 5.57 Å². The molecule has 1 heterocycles. The number of nitrogens with zero attached hydrogens (tertiary/aromatic N) is 1. The molecule has 4 rings (SSSR count). The Morgan fingerprint density at radius 1 is 0.906 bits per heavy atom. The van der Waals surface area contributed by atoms with Crippen LogP contribution in [0.1, 0.15) is 22.3 Å². The molecule has 0 fully saturated rings. The van der Waals surface area contributed by atoms with E-state index in [1.807, 2.05) is 44.2 Å². The fourth-order valence-electron chi connectivity index (χ4n) is 3.64. The van der Waals surface area contributed by atoms with Gasteiger partial charge in [-0.2, -0.15) is 0 Å². The van der Waals surface area contributed by atoms with Gasteiger partial charge in [0, 0.05) is 10.7 Å².